The fourth-order valence-corrected chi connectivity index (χ4v) is 3.01. The maximum Gasteiger partial charge on any atom is 0.416 e. The number of methoxy groups -OCH3 is 1. The lowest BCUT2D eigenvalue weighted by molar-refractivity contribution is -0.140. The van der Waals surface area contributed by atoms with Gasteiger partial charge in [-0.25, -0.2) is 0 Å². The van der Waals surface area contributed by atoms with Crippen molar-refractivity contribution in [1.82, 2.24) is 0 Å². The summed E-state index contributed by atoms with van der Waals surface area (Å²) in [6.45, 7) is 1.95. The van der Waals surface area contributed by atoms with Gasteiger partial charge in [-0.3, -0.25) is 4.79 Å². The third-order valence-corrected chi connectivity index (χ3v) is 4.48. The molecule has 2 rings (SSSR count). The van der Waals surface area contributed by atoms with E-state index in [2.05, 4.69) is 0 Å². The molecule has 0 heterocycles. The summed E-state index contributed by atoms with van der Waals surface area (Å²) in [6, 6.07) is 12.1. The van der Waals surface area contributed by atoms with Gasteiger partial charge in [0.15, 0.2) is 0 Å². The van der Waals surface area contributed by atoms with E-state index in [-0.39, 0.29) is 0 Å². The van der Waals surface area contributed by atoms with Crippen LogP contribution in [0.3, 0.4) is 0 Å². The Balaban J connectivity index is 2.28. The van der Waals surface area contributed by atoms with Crippen LogP contribution in [-0.4, -0.2) is 13.1 Å². The number of rotatable bonds is 4. The second-order valence-corrected chi connectivity index (χ2v) is 6.13. The highest BCUT2D eigenvalue weighted by atomic mass is 32.2. The van der Waals surface area contributed by atoms with Crippen LogP contribution >= 0.6 is 11.8 Å². The minimum Gasteiger partial charge on any atom is -0.468 e. The molecule has 6 heteroatoms. The molecule has 0 radical (unpaired) electrons. The molecule has 23 heavy (non-hydrogen) atoms. The van der Waals surface area contributed by atoms with Gasteiger partial charge in [-0.2, -0.15) is 13.2 Å². The molecule has 0 bridgehead atoms. The molecule has 0 aromatic heterocycles. The molecule has 0 N–H and O–H groups in total. The maximum absolute atomic E-state index is 12.6. The number of esters is 1. The molecule has 0 saturated carbocycles. The maximum atomic E-state index is 12.6. The molecule has 2 aromatic rings. The van der Waals surface area contributed by atoms with Gasteiger partial charge in [-0.15, -0.1) is 11.8 Å². The molecular formula is C17H15F3O2S. The van der Waals surface area contributed by atoms with E-state index in [4.69, 9.17) is 4.74 Å². The largest absolute Gasteiger partial charge is 0.468 e. The molecule has 1 atom stereocenters. The Hall–Kier alpha value is -1.95. The number of hydrogen-bond acceptors (Lipinski definition) is 3. The summed E-state index contributed by atoms with van der Waals surface area (Å²) in [5.41, 5.74) is 0.805. The van der Waals surface area contributed by atoms with Crippen molar-refractivity contribution in [3.05, 3.63) is 65.2 Å². The molecule has 2 nitrogen and oxygen atoms in total. The van der Waals surface area contributed by atoms with E-state index in [9.17, 15) is 18.0 Å². The Morgan fingerprint density at radius 1 is 1.04 bits per heavy atom. The predicted octanol–water partition coefficient (Wildman–Crippen LogP) is 5.02. The van der Waals surface area contributed by atoms with Crippen molar-refractivity contribution in [2.24, 2.45) is 0 Å². The van der Waals surface area contributed by atoms with Crippen LogP contribution in [-0.2, 0) is 15.7 Å². The molecule has 0 aliphatic carbocycles. The van der Waals surface area contributed by atoms with Gasteiger partial charge in [-0.1, -0.05) is 29.8 Å². The number of benzene rings is 2. The van der Waals surface area contributed by atoms with Crippen LogP contribution in [0.5, 0.6) is 0 Å². The highest BCUT2D eigenvalue weighted by Gasteiger charge is 2.31. The number of halogens is 3. The zero-order chi connectivity index (χ0) is 17.0. The molecular weight excluding hydrogens is 325 g/mol. The Kier molecular flexibility index (Phi) is 5.36. The van der Waals surface area contributed by atoms with E-state index in [0.29, 0.717) is 5.56 Å². The average Bonchev–Trinajstić information content (AvgIpc) is 2.53. The van der Waals surface area contributed by atoms with E-state index in [1.165, 1.54) is 31.0 Å². The molecule has 0 saturated heterocycles. The normalized spacial score (nSPS) is 12.7. The first-order valence-electron chi connectivity index (χ1n) is 6.79. The minimum atomic E-state index is -4.40. The van der Waals surface area contributed by atoms with Gasteiger partial charge in [-0.05, 0) is 36.8 Å². The van der Waals surface area contributed by atoms with Crippen LogP contribution in [0, 0.1) is 6.92 Å². The SMILES string of the molecule is COC(=O)C(Sc1ccc(C)cc1)c1ccc(C(F)(F)F)cc1. The molecule has 2 aromatic carbocycles. The highest BCUT2D eigenvalue weighted by molar-refractivity contribution is 8.00. The van der Waals surface area contributed by atoms with Crippen molar-refractivity contribution in [3.63, 3.8) is 0 Å². The summed E-state index contributed by atoms with van der Waals surface area (Å²) in [5, 5.41) is -0.718. The summed E-state index contributed by atoms with van der Waals surface area (Å²) in [5.74, 6) is -0.504. The van der Waals surface area contributed by atoms with Gasteiger partial charge in [0, 0.05) is 4.90 Å². The number of aryl methyl sites for hydroxylation is 1. The van der Waals surface area contributed by atoms with Crippen molar-refractivity contribution in [2.45, 2.75) is 23.2 Å². The summed E-state index contributed by atoms with van der Waals surface area (Å²) >= 11 is 1.24. The van der Waals surface area contributed by atoms with Crippen LogP contribution in [0.2, 0.25) is 0 Å². The topological polar surface area (TPSA) is 26.3 Å². The number of thioether (sulfide) groups is 1. The Morgan fingerprint density at radius 3 is 2.09 bits per heavy atom. The summed E-state index contributed by atoms with van der Waals surface area (Å²) in [4.78, 5) is 12.8. The smallest absolute Gasteiger partial charge is 0.416 e. The molecule has 0 fully saturated rings. The minimum absolute atomic E-state index is 0.468. The lowest BCUT2D eigenvalue weighted by Gasteiger charge is -2.16. The van der Waals surface area contributed by atoms with Crippen molar-refractivity contribution in [2.75, 3.05) is 7.11 Å². The molecule has 0 spiro atoms. The monoisotopic (exact) mass is 340 g/mol. The zero-order valence-electron chi connectivity index (χ0n) is 12.6. The fourth-order valence-electron chi connectivity index (χ4n) is 1.96. The third kappa shape index (κ3) is 4.51. The summed E-state index contributed by atoms with van der Waals surface area (Å²) < 4.78 is 42.7. The second kappa shape index (κ2) is 7.08. The molecule has 0 aliphatic heterocycles. The van der Waals surface area contributed by atoms with Crippen molar-refractivity contribution < 1.29 is 22.7 Å². The lowest BCUT2D eigenvalue weighted by atomic mass is 10.1. The number of hydrogen-bond donors (Lipinski definition) is 0. The number of alkyl halides is 3. The van der Waals surface area contributed by atoms with Gasteiger partial charge >= 0.3 is 12.1 Å². The van der Waals surface area contributed by atoms with Gasteiger partial charge in [0.25, 0.3) is 0 Å². The summed E-state index contributed by atoms with van der Waals surface area (Å²) in [7, 11) is 1.26. The van der Waals surface area contributed by atoms with E-state index < -0.39 is 23.0 Å². The number of carbonyl (C=O) groups excluding carboxylic acids is 1. The Morgan fingerprint density at radius 2 is 1.61 bits per heavy atom. The van der Waals surface area contributed by atoms with Crippen LogP contribution in [0.25, 0.3) is 0 Å². The quantitative estimate of drug-likeness (QED) is 0.577. The van der Waals surface area contributed by atoms with Gasteiger partial charge in [0.05, 0.1) is 12.7 Å². The van der Waals surface area contributed by atoms with Crippen LogP contribution in [0.1, 0.15) is 21.9 Å². The molecule has 122 valence electrons. The van der Waals surface area contributed by atoms with E-state index >= 15 is 0 Å². The molecule has 0 aliphatic rings. The molecule has 0 amide bonds. The van der Waals surface area contributed by atoms with Gasteiger partial charge in [0.1, 0.15) is 5.25 Å². The summed E-state index contributed by atoms with van der Waals surface area (Å²) in [6.07, 6.45) is -4.40. The third-order valence-electron chi connectivity index (χ3n) is 3.23. The fraction of sp³-hybridized carbons (Fsp3) is 0.235. The van der Waals surface area contributed by atoms with Gasteiger partial charge in [0.2, 0.25) is 0 Å². The first kappa shape index (κ1) is 17.4. The van der Waals surface area contributed by atoms with E-state index in [1.54, 1.807) is 0 Å². The first-order valence-corrected chi connectivity index (χ1v) is 7.67. The van der Waals surface area contributed by atoms with Gasteiger partial charge < -0.3 is 4.74 Å². The van der Waals surface area contributed by atoms with E-state index in [1.807, 2.05) is 31.2 Å². The Bertz CT molecular complexity index is 664. The lowest BCUT2D eigenvalue weighted by Crippen LogP contribution is -2.12. The number of ether oxygens (including phenoxy) is 1. The van der Waals surface area contributed by atoms with Crippen molar-refractivity contribution >= 4 is 17.7 Å². The van der Waals surface area contributed by atoms with Crippen LogP contribution in [0.15, 0.2) is 53.4 Å². The average molecular weight is 340 g/mol. The number of carbonyl (C=O) groups is 1. The van der Waals surface area contributed by atoms with Crippen LogP contribution < -0.4 is 0 Å². The standard InChI is InChI=1S/C17H15F3O2S/c1-11-3-9-14(10-4-11)23-15(16(21)22-2)12-5-7-13(8-6-12)17(18,19)20/h3-10,15H,1-2H3. The van der Waals surface area contributed by atoms with E-state index in [0.717, 1.165) is 22.6 Å². The highest BCUT2D eigenvalue weighted by Crippen LogP contribution is 2.37. The predicted molar refractivity (Wildman–Crippen MR) is 83.2 cm³/mol. The van der Waals surface area contributed by atoms with Crippen molar-refractivity contribution in [3.8, 4) is 0 Å². The second-order valence-electron chi connectivity index (χ2n) is 4.95. The molecule has 1 unspecified atom stereocenters. The van der Waals surface area contributed by atoms with Crippen molar-refractivity contribution in [1.29, 1.82) is 0 Å². The van der Waals surface area contributed by atoms with Crippen LogP contribution in [0.4, 0.5) is 13.2 Å². The first-order chi connectivity index (χ1) is 10.8. The Labute approximate surface area is 136 Å². The zero-order valence-corrected chi connectivity index (χ0v) is 13.4.